The predicted octanol–water partition coefficient (Wildman–Crippen LogP) is 4.68. The second-order valence-corrected chi connectivity index (χ2v) is 7.11. The van der Waals surface area contributed by atoms with Crippen LogP contribution in [0.15, 0.2) is 60.7 Å². The highest BCUT2D eigenvalue weighted by Gasteiger charge is 2.20. The Morgan fingerprint density at radius 3 is 2.64 bits per heavy atom. The Morgan fingerprint density at radius 2 is 1.86 bits per heavy atom. The molecule has 0 amide bonds. The molecule has 0 saturated carbocycles. The summed E-state index contributed by atoms with van der Waals surface area (Å²) in [6.45, 7) is 0.406. The minimum atomic E-state index is -0.433. The molecule has 5 nitrogen and oxygen atoms in total. The summed E-state index contributed by atoms with van der Waals surface area (Å²) in [5.41, 5.74) is 0.917. The summed E-state index contributed by atoms with van der Waals surface area (Å²) in [5, 5.41) is 5.13. The van der Waals surface area contributed by atoms with Crippen molar-refractivity contribution in [3.8, 4) is 17.0 Å². The van der Waals surface area contributed by atoms with Crippen LogP contribution >= 0.6 is 11.3 Å². The van der Waals surface area contributed by atoms with E-state index < -0.39 is 5.97 Å². The predicted molar refractivity (Wildman–Crippen MR) is 106 cm³/mol. The molecule has 2 aromatic carbocycles. The van der Waals surface area contributed by atoms with Gasteiger partial charge in [0.2, 0.25) is 0 Å². The highest BCUT2D eigenvalue weighted by molar-refractivity contribution is 7.20. The van der Waals surface area contributed by atoms with E-state index in [0.717, 1.165) is 16.0 Å². The number of aromatic nitrogens is 2. The fourth-order valence-electron chi connectivity index (χ4n) is 2.88. The topological polar surface area (TPSA) is 53.4 Å². The first-order valence-corrected chi connectivity index (χ1v) is 9.51. The number of aryl methyl sites for hydroxylation is 1. The fraction of sp³-hybridized carbons (Fsp3) is 0.143. The van der Waals surface area contributed by atoms with Gasteiger partial charge >= 0.3 is 5.97 Å². The molecule has 4 rings (SSSR count). The average molecular weight is 396 g/mol. The Hall–Kier alpha value is -3.19. The fourth-order valence-corrected chi connectivity index (χ4v) is 3.84. The number of thiophene rings is 1. The molecule has 0 radical (unpaired) electrons. The zero-order valence-corrected chi connectivity index (χ0v) is 15.9. The standard InChI is InChI=1S/C21H17FN2O3S/c1-24-20-16(19(23-24)15-9-5-6-10-17(15)22)13-18(28-20)21(25)27-12-11-26-14-7-3-2-4-8-14/h2-10,13H,11-12H2,1H3. The second-order valence-electron chi connectivity index (χ2n) is 6.08. The van der Waals surface area contributed by atoms with Gasteiger partial charge in [0.05, 0.1) is 0 Å². The monoisotopic (exact) mass is 396 g/mol. The van der Waals surface area contributed by atoms with Gasteiger partial charge in [0.25, 0.3) is 0 Å². The second kappa shape index (κ2) is 7.82. The van der Waals surface area contributed by atoms with Crippen LogP contribution in [0.3, 0.4) is 0 Å². The Labute approximate surface area is 164 Å². The number of esters is 1. The molecule has 0 saturated heterocycles. The maximum absolute atomic E-state index is 14.2. The van der Waals surface area contributed by atoms with Crippen molar-refractivity contribution in [2.45, 2.75) is 0 Å². The lowest BCUT2D eigenvalue weighted by Crippen LogP contribution is -2.11. The van der Waals surface area contributed by atoms with Gasteiger partial charge in [-0.25, -0.2) is 9.18 Å². The van der Waals surface area contributed by atoms with Crippen LogP contribution in [0, 0.1) is 5.82 Å². The molecule has 2 aromatic heterocycles. The van der Waals surface area contributed by atoms with Gasteiger partial charge in [-0.05, 0) is 30.3 Å². The van der Waals surface area contributed by atoms with E-state index in [-0.39, 0.29) is 19.0 Å². The van der Waals surface area contributed by atoms with Gasteiger partial charge in [-0.3, -0.25) is 4.68 Å². The molecule has 0 N–H and O–H groups in total. The van der Waals surface area contributed by atoms with E-state index >= 15 is 0 Å². The molecule has 0 aliphatic heterocycles. The molecule has 0 spiro atoms. The summed E-state index contributed by atoms with van der Waals surface area (Å²) in [5.74, 6) is -0.0609. The van der Waals surface area contributed by atoms with Crippen LogP contribution in [-0.4, -0.2) is 29.0 Å². The Morgan fingerprint density at radius 1 is 1.11 bits per heavy atom. The van der Waals surface area contributed by atoms with Crippen molar-refractivity contribution >= 4 is 27.5 Å². The number of halogens is 1. The van der Waals surface area contributed by atoms with Crippen LogP contribution in [-0.2, 0) is 11.8 Å². The molecule has 0 aliphatic carbocycles. The summed E-state index contributed by atoms with van der Waals surface area (Å²) < 4.78 is 26.6. The van der Waals surface area contributed by atoms with Crippen LogP contribution in [0.25, 0.3) is 21.5 Å². The number of carbonyl (C=O) groups is 1. The smallest absolute Gasteiger partial charge is 0.348 e. The molecule has 0 bridgehead atoms. The molecule has 7 heteroatoms. The van der Waals surface area contributed by atoms with Crippen molar-refractivity contribution in [2.75, 3.05) is 13.2 Å². The van der Waals surface area contributed by atoms with Crippen LogP contribution in [0.4, 0.5) is 4.39 Å². The van der Waals surface area contributed by atoms with Gasteiger partial charge in [-0.15, -0.1) is 11.3 Å². The van der Waals surface area contributed by atoms with E-state index in [1.807, 2.05) is 30.3 Å². The first-order chi connectivity index (χ1) is 13.6. The van der Waals surface area contributed by atoms with Gasteiger partial charge in [-0.2, -0.15) is 5.10 Å². The molecule has 0 fully saturated rings. The average Bonchev–Trinajstić information content (AvgIpc) is 3.27. The summed E-state index contributed by atoms with van der Waals surface area (Å²) in [6, 6.07) is 17.5. The largest absolute Gasteiger partial charge is 0.490 e. The number of rotatable bonds is 6. The third-order valence-corrected chi connectivity index (χ3v) is 5.35. The number of nitrogens with zero attached hydrogens (tertiary/aromatic N) is 2. The zero-order valence-electron chi connectivity index (χ0n) is 15.1. The van der Waals surface area contributed by atoms with E-state index in [2.05, 4.69) is 5.10 Å². The highest BCUT2D eigenvalue weighted by atomic mass is 32.1. The number of hydrogen-bond donors (Lipinski definition) is 0. The number of para-hydroxylation sites is 1. The SMILES string of the molecule is Cn1nc(-c2ccccc2F)c2cc(C(=O)OCCOc3ccccc3)sc21. The van der Waals surface area contributed by atoms with Crippen LogP contribution < -0.4 is 4.74 Å². The Bertz CT molecular complexity index is 1120. The lowest BCUT2D eigenvalue weighted by Gasteiger charge is -2.06. The first kappa shape index (κ1) is 18.2. The van der Waals surface area contributed by atoms with Crippen LogP contribution in [0.2, 0.25) is 0 Å². The van der Waals surface area contributed by atoms with Crippen molar-refractivity contribution in [2.24, 2.45) is 7.05 Å². The van der Waals surface area contributed by atoms with E-state index in [1.54, 1.807) is 36.0 Å². The van der Waals surface area contributed by atoms with E-state index in [4.69, 9.17) is 9.47 Å². The van der Waals surface area contributed by atoms with Crippen molar-refractivity contribution in [1.82, 2.24) is 9.78 Å². The minimum absolute atomic E-state index is 0.139. The van der Waals surface area contributed by atoms with Gasteiger partial charge in [0, 0.05) is 18.0 Å². The molecule has 2 heterocycles. The Balaban J connectivity index is 1.48. The van der Waals surface area contributed by atoms with Crippen molar-refractivity contribution in [3.63, 3.8) is 0 Å². The zero-order chi connectivity index (χ0) is 19.5. The first-order valence-electron chi connectivity index (χ1n) is 8.70. The molecule has 0 atom stereocenters. The molecule has 0 unspecified atom stereocenters. The van der Waals surface area contributed by atoms with Gasteiger partial charge in [0.1, 0.15) is 40.2 Å². The van der Waals surface area contributed by atoms with Crippen molar-refractivity contribution in [3.05, 3.63) is 71.4 Å². The molecule has 28 heavy (non-hydrogen) atoms. The number of benzene rings is 2. The van der Waals surface area contributed by atoms with E-state index in [0.29, 0.717) is 16.1 Å². The lowest BCUT2D eigenvalue weighted by molar-refractivity contribution is 0.0456. The summed E-state index contributed by atoms with van der Waals surface area (Å²) >= 11 is 1.27. The van der Waals surface area contributed by atoms with Gasteiger partial charge < -0.3 is 9.47 Å². The number of fused-ring (bicyclic) bond motifs is 1. The van der Waals surface area contributed by atoms with Gasteiger partial charge in [0.15, 0.2) is 0 Å². The maximum atomic E-state index is 14.2. The van der Waals surface area contributed by atoms with E-state index in [9.17, 15) is 9.18 Å². The van der Waals surface area contributed by atoms with Crippen LogP contribution in [0.5, 0.6) is 5.75 Å². The molecule has 142 valence electrons. The third kappa shape index (κ3) is 3.61. The minimum Gasteiger partial charge on any atom is -0.490 e. The summed E-state index contributed by atoms with van der Waals surface area (Å²) in [6.07, 6.45) is 0. The molecular weight excluding hydrogens is 379 g/mol. The van der Waals surface area contributed by atoms with E-state index in [1.165, 1.54) is 17.4 Å². The number of carbonyl (C=O) groups excluding carboxylic acids is 1. The molecule has 0 aliphatic rings. The highest BCUT2D eigenvalue weighted by Crippen LogP contribution is 2.34. The van der Waals surface area contributed by atoms with Gasteiger partial charge in [-0.1, -0.05) is 30.3 Å². The lowest BCUT2D eigenvalue weighted by atomic mass is 10.1. The number of ether oxygens (including phenoxy) is 2. The van der Waals surface area contributed by atoms with Crippen molar-refractivity contribution in [1.29, 1.82) is 0 Å². The van der Waals surface area contributed by atoms with Crippen LogP contribution in [0.1, 0.15) is 9.67 Å². The normalized spacial score (nSPS) is 10.9. The summed E-state index contributed by atoms with van der Waals surface area (Å²) in [7, 11) is 1.77. The molecular formula is C21H17FN2O3S. The third-order valence-electron chi connectivity index (χ3n) is 4.17. The van der Waals surface area contributed by atoms with Crippen molar-refractivity contribution < 1.29 is 18.7 Å². The maximum Gasteiger partial charge on any atom is 0.348 e. The molecule has 4 aromatic rings. The Kier molecular flexibility index (Phi) is 5.08. The number of hydrogen-bond acceptors (Lipinski definition) is 5. The summed E-state index contributed by atoms with van der Waals surface area (Å²) in [4.78, 5) is 13.6. The quantitative estimate of drug-likeness (QED) is 0.351.